The molecule has 19 heavy (non-hydrogen) atoms. The zero-order valence-electron chi connectivity index (χ0n) is 12.3. The molecule has 0 aliphatic carbocycles. The molecule has 2 aliphatic heterocycles. The average Bonchev–Trinajstić information content (AvgIpc) is 2.66. The molecule has 0 spiro atoms. The molecular weight excluding hydrogens is 238 g/mol. The average molecular weight is 267 g/mol. The van der Waals surface area contributed by atoms with Gasteiger partial charge in [0, 0.05) is 19.6 Å². The van der Waals surface area contributed by atoms with Crippen LogP contribution in [0.1, 0.15) is 45.4 Å². The fourth-order valence-electron chi connectivity index (χ4n) is 3.39. The molecule has 0 aromatic carbocycles. The van der Waals surface area contributed by atoms with Crippen LogP contribution in [0.2, 0.25) is 0 Å². The second kappa shape index (κ2) is 7.25. The standard InChI is InChI=1S/C15H29N3O/c1-13(16)15(19)18-10-6-7-14(12-18)11-17-8-4-2-3-5-9-17/h13-14H,2-12,16H2,1H3. The lowest BCUT2D eigenvalue weighted by atomic mass is 9.96. The normalized spacial score (nSPS) is 27.9. The van der Waals surface area contributed by atoms with E-state index in [2.05, 4.69) is 4.90 Å². The van der Waals surface area contributed by atoms with Gasteiger partial charge in [-0.2, -0.15) is 0 Å². The van der Waals surface area contributed by atoms with Gasteiger partial charge in [0.1, 0.15) is 0 Å². The summed E-state index contributed by atoms with van der Waals surface area (Å²) < 4.78 is 0. The number of hydrogen-bond acceptors (Lipinski definition) is 3. The Bertz CT molecular complexity index is 285. The van der Waals surface area contributed by atoms with Crippen molar-refractivity contribution in [3.8, 4) is 0 Å². The van der Waals surface area contributed by atoms with Gasteiger partial charge in [0.25, 0.3) is 0 Å². The first-order valence-electron chi connectivity index (χ1n) is 7.93. The van der Waals surface area contributed by atoms with E-state index in [9.17, 15) is 4.79 Å². The zero-order chi connectivity index (χ0) is 13.7. The van der Waals surface area contributed by atoms with Gasteiger partial charge in [-0.3, -0.25) is 4.79 Å². The number of carbonyl (C=O) groups excluding carboxylic acids is 1. The van der Waals surface area contributed by atoms with Gasteiger partial charge in [-0.05, 0) is 51.6 Å². The van der Waals surface area contributed by atoms with Gasteiger partial charge in [-0.1, -0.05) is 12.8 Å². The van der Waals surface area contributed by atoms with Gasteiger partial charge in [0.15, 0.2) is 0 Å². The SMILES string of the molecule is CC(N)C(=O)N1CCCC(CN2CCCCCC2)C1. The van der Waals surface area contributed by atoms with Crippen LogP contribution in [0.25, 0.3) is 0 Å². The Kier molecular flexibility index (Phi) is 5.64. The number of likely N-dealkylation sites (tertiary alicyclic amines) is 2. The Hall–Kier alpha value is -0.610. The number of nitrogens with two attached hydrogens (primary N) is 1. The molecule has 2 atom stereocenters. The summed E-state index contributed by atoms with van der Waals surface area (Å²) in [7, 11) is 0. The maximum Gasteiger partial charge on any atom is 0.239 e. The van der Waals surface area contributed by atoms with E-state index in [1.165, 1.54) is 51.7 Å². The molecule has 0 radical (unpaired) electrons. The lowest BCUT2D eigenvalue weighted by Crippen LogP contribution is -2.48. The highest BCUT2D eigenvalue weighted by Gasteiger charge is 2.26. The summed E-state index contributed by atoms with van der Waals surface area (Å²) in [6.07, 6.45) is 7.85. The van der Waals surface area contributed by atoms with E-state index < -0.39 is 0 Å². The molecule has 0 aromatic rings. The van der Waals surface area contributed by atoms with Crippen LogP contribution in [0, 0.1) is 5.92 Å². The van der Waals surface area contributed by atoms with Crippen LogP contribution in [-0.2, 0) is 4.79 Å². The molecule has 4 nitrogen and oxygen atoms in total. The van der Waals surface area contributed by atoms with E-state index in [1.54, 1.807) is 6.92 Å². The Morgan fingerprint density at radius 3 is 2.47 bits per heavy atom. The number of amides is 1. The van der Waals surface area contributed by atoms with Crippen LogP contribution < -0.4 is 5.73 Å². The fraction of sp³-hybridized carbons (Fsp3) is 0.933. The molecule has 2 rings (SSSR count). The van der Waals surface area contributed by atoms with Gasteiger partial charge in [0.05, 0.1) is 6.04 Å². The Balaban J connectivity index is 1.81. The first-order valence-corrected chi connectivity index (χ1v) is 7.93. The smallest absolute Gasteiger partial charge is 0.239 e. The van der Waals surface area contributed by atoms with E-state index in [4.69, 9.17) is 5.73 Å². The molecule has 0 aromatic heterocycles. The van der Waals surface area contributed by atoms with Crippen LogP contribution in [-0.4, -0.2) is 54.5 Å². The summed E-state index contributed by atoms with van der Waals surface area (Å²) in [4.78, 5) is 16.6. The van der Waals surface area contributed by atoms with E-state index >= 15 is 0 Å². The summed E-state index contributed by atoms with van der Waals surface area (Å²) in [6.45, 7) is 7.27. The van der Waals surface area contributed by atoms with Crippen LogP contribution in [0.5, 0.6) is 0 Å². The minimum Gasteiger partial charge on any atom is -0.341 e. The zero-order valence-corrected chi connectivity index (χ0v) is 12.3. The van der Waals surface area contributed by atoms with Gasteiger partial charge >= 0.3 is 0 Å². The van der Waals surface area contributed by atoms with E-state index in [0.29, 0.717) is 5.92 Å². The molecule has 110 valence electrons. The lowest BCUT2D eigenvalue weighted by Gasteiger charge is -2.36. The predicted octanol–water partition coefficient (Wildman–Crippen LogP) is 1.45. The van der Waals surface area contributed by atoms with Crippen molar-refractivity contribution in [1.29, 1.82) is 0 Å². The largest absolute Gasteiger partial charge is 0.341 e. The highest BCUT2D eigenvalue weighted by atomic mass is 16.2. The quantitative estimate of drug-likeness (QED) is 0.842. The van der Waals surface area contributed by atoms with Crippen LogP contribution in [0.3, 0.4) is 0 Å². The second-order valence-electron chi connectivity index (χ2n) is 6.30. The molecule has 2 heterocycles. The molecule has 1 amide bonds. The lowest BCUT2D eigenvalue weighted by molar-refractivity contribution is -0.134. The molecule has 0 saturated carbocycles. The van der Waals surface area contributed by atoms with Gasteiger partial charge in [-0.15, -0.1) is 0 Å². The van der Waals surface area contributed by atoms with Crippen molar-refractivity contribution >= 4 is 5.91 Å². The Morgan fingerprint density at radius 2 is 1.84 bits per heavy atom. The summed E-state index contributed by atoms with van der Waals surface area (Å²) in [6, 6.07) is -0.350. The summed E-state index contributed by atoms with van der Waals surface area (Å²) in [5, 5.41) is 0. The summed E-state index contributed by atoms with van der Waals surface area (Å²) >= 11 is 0. The highest BCUT2D eigenvalue weighted by Crippen LogP contribution is 2.20. The van der Waals surface area contributed by atoms with Crippen LogP contribution >= 0.6 is 0 Å². The van der Waals surface area contributed by atoms with Crippen molar-refractivity contribution in [2.45, 2.75) is 51.5 Å². The topological polar surface area (TPSA) is 49.6 Å². The van der Waals surface area contributed by atoms with Crippen molar-refractivity contribution in [3.05, 3.63) is 0 Å². The van der Waals surface area contributed by atoms with E-state index in [0.717, 1.165) is 19.5 Å². The van der Waals surface area contributed by atoms with Crippen molar-refractivity contribution in [1.82, 2.24) is 9.80 Å². The van der Waals surface area contributed by atoms with Crippen molar-refractivity contribution < 1.29 is 4.79 Å². The first-order chi connectivity index (χ1) is 9.16. The Morgan fingerprint density at radius 1 is 1.16 bits per heavy atom. The van der Waals surface area contributed by atoms with Crippen molar-refractivity contribution in [2.75, 3.05) is 32.7 Å². The number of rotatable bonds is 3. The van der Waals surface area contributed by atoms with Crippen LogP contribution in [0.4, 0.5) is 0 Å². The molecule has 2 saturated heterocycles. The summed E-state index contributed by atoms with van der Waals surface area (Å²) in [5.74, 6) is 0.773. The van der Waals surface area contributed by atoms with Crippen molar-refractivity contribution in [2.24, 2.45) is 11.7 Å². The third-order valence-corrected chi connectivity index (χ3v) is 4.44. The van der Waals surface area contributed by atoms with Crippen LogP contribution in [0.15, 0.2) is 0 Å². The number of hydrogen-bond donors (Lipinski definition) is 1. The molecule has 2 aliphatic rings. The van der Waals surface area contributed by atoms with Crippen molar-refractivity contribution in [3.63, 3.8) is 0 Å². The second-order valence-corrected chi connectivity index (χ2v) is 6.30. The maximum atomic E-state index is 12.0. The molecular formula is C15H29N3O. The fourth-order valence-corrected chi connectivity index (χ4v) is 3.39. The van der Waals surface area contributed by atoms with Gasteiger partial charge in [0.2, 0.25) is 5.91 Å². The number of piperidine rings is 1. The number of nitrogens with zero attached hydrogens (tertiary/aromatic N) is 2. The van der Waals surface area contributed by atoms with E-state index in [1.807, 2.05) is 4.90 Å². The van der Waals surface area contributed by atoms with E-state index in [-0.39, 0.29) is 11.9 Å². The van der Waals surface area contributed by atoms with Gasteiger partial charge < -0.3 is 15.5 Å². The minimum atomic E-state index is -0.350. The maximum absolute atomic E-state index is 12.0. The molecule has 2 N–H and O–H groups in total. The van der Waals surface area contributed by atoms with Gasteiger partial charge in [-0.25, -0.2) is 0 Å². The molecule has 2 unspecified atom stereocenters. The first kappa shape index (κ1) is 14.8. The molecule has 0 bridgehead atoms. The third-order valence-electron chi connectivity index (χ3n) is 4.44. The minimum absolute atomic E-state index is 0.126. The number of carbonyl (C=O) groups is 1. The third kappa shape index (κ3) is 4.46. The summed E-state index contributed by atoms with van der Waals surface area (Å²) in [5.41, 5.74) is 5.72. The monoisotopic (exact) mass is 267 g/mol. The predicted molar refractivity (Wildman–Crippen MR) is 77.9 cm³/mol. The molecule has 4 heteroatoms. The molecule has 2 fully saturated rings. The highest BCUT2D eigenvalue weighted by molar-refractivity contribution is 5.81. The Labute approximate surface area is 117 Å².